The lowest BCUT2D eigenvalue weighted by molar-refractivity contribution is 1.19. The molecule has 1 aromatic rings. The molecule has 96 valence electrons. The van der Waals surface area contributed by atoms with Crippen LogP contribution in [0.1, 0.15) is 30.0 Å². The van der Waals surface area contributed by atoms with Crippen LogP contribution in [0.4, 0.5) is 0 Å². The average molecular weight is 264 g/mol. The number of rotatable bonds is 1. The summed E-state index contributed by atoms with van der Waals surface area (Å²) in [6, 6.07) is 6.93. The fraction of sp³-hybridized carbons (Fsp3) is 0.278. The Morgan fingerprint density at radius 1 is 1.11 bits per heavy atom. The van der Waals surface area contributed by atoms with Crippen molar-refractivity contribution < 1.29 is 0 Å². The first-order valence-corrected chi connectivity index (χ1v) is 9.48. The molecule has 19 heavy (non-hydrogen) atoms. The van der Waals surface area contributed by atoms with Gasteiger partial charge in [-0.3, -0.25) is 0 Å². The number of fused-ring (bicyclic) bond motifs is 1. The Kier molecular flexibility index (Phi) is 3.24. The van der Waals surface area contributed by atoms with Gasteiger partial charge in [0.25, 0.3) is 0 Å². The Hall–Kier alpha value is -1.47. The second-order valence-electron chi connectivity index (χ2n) is 5.81. The molecule has 0 heterocycles. The van der Waals surface area contributed by atoms with E-state index in [1.165, 1.54) is 27.8 Å². The van der Waals surface area contributed by atoms with E-state index >= 15 is 0 Å². The zero-order valence-corrected chi connectivity index (χ0v) is 13.0. The Morgan fingerprint density at radius 3 is 2.74 bits per heavy atom. The minimum Gasteiger partial charge on any atom is -0.0799 e. The highest BCUT2D eigenvalue weighted by atomic mass is 28.2. The molecule has 2 aliphatic rings. The van der Waals surface area contributed by atoms with Crippen LogP contribution in [-0.2, 0) is 6.42 Å². The summed E-state index contributed by atoms with van der Waals surface area (Å²) < 4.78 is 0. The number of benzene rings is 1. The van der Waals surface area contributed by atoms with Gasteiger partial charge in [0.2, 0.25) is 0 Å². The van der Waals surface area contributed by atoms with Crippen LogP contribution < -0.4 is 0 Å². The summed E-state index contributed by atoms with van der Waals surface area (Å²) in [4.78, 5) is 0. The van der Waals surface area contributed by atoms with E-state index in [2.05, 4.69) is 62.5 Å². The number of allylic oxidation sites excluding steroid dienone is 5. The Balaban J connectivity index is 2.02. The van der Waals surface area contributed by atoms with Crippen LogP contribution in [0.5, 0.6) is 0 Å². The smallest absolute Gasteiger partial charge is 0.00791 e. The van der Waals surface area contributed by atoms with Crippen LogP contribution in [0, 0.1) is 0 Å². The van der Waals surface area contributed by atoms with Crippen molar-refractivity contribution >= 4 is 25.2 Å². The lowest BCUT2D eigenvalue weighted by atomic mass is 9.96. The van der Waals surface area contributed by atoms with Gasteiger partial charge in [-0.05, 0) is 48.1 Å². The molecule has 1 heteroatoms. The van der Waals surface area contributed by atoms with E-state index in [1.54, 1.807) is 5.17 Å². The maximum atomic E-state index is 2.42. The van der Waals surface area contributed by atoms with Gasteiger partial charge < -0.3 is 0 Å². The highest BCUT2D eigenvalue weighted by Gasteiger charge is 2.12. The molecule has 0 fully saturated rings. The molecule has 0 spiro atoms. The first-order valence-electron chi connectivity index (χ1n) is 6.98. The molecule has 0 radical (unpaired) electrons. The van der Waals surface area contributed by atoms with E-state index in [0.717, 1.165) is 12.8 Å². The summed E-state index contributed by atoms with van der Waals surface area (Å²) in [6.07, 6.45) is 11.6. The number of hydrogen-bond acceptors (Lipinski definition) is 0. The van der Waals surface area contributed by atoms with Gasteiger partial charge >= 0.3 is 0 Å². The third-order valence-corrected chi connectivity index (χ3v) is 5.59. The van der Waals surface area contributed by atoms with Gasteiger partial charge in [-0.2, -0.15) is 0 Å². The fourth-order valence-electron chi connectivity index (χ4n) is 2.82. The van der Waals surface area contributed by atoms with Crippen molar-refractivity contribution in [1.82, 2.24) is 0 Å². The van der Waals surface area contributed by atoms with Crippen molar-refractivity contribution in [3.63, 3.8) is 0 Å². The highest BCUT2D eigenvalue weighted by molar-refractivity contribution is 6.71. The molecule has 0 saturated heterocycles. The van der Waals surface area contributed by atoms with Crippen LogP contribution in [0.2, 0.25) is 13.1 Å². The Labute approximate surface area is 117 Å². The maximum absolute atomic E-state index is 2.42. The first-order chi connectivity index (χ1) is 9.13. The van der Waals surface area contributed by atoms with Gasteiger partial charge in [-0.25, -0.2) is 0 Å². The van der Waals surface area contributed by atoms with E-state index in [-0.39, 0.29) is 8.41 Å². The van der Waals surface area contributed by atoms with Crippen molar-refractivity contribution in [2.75, 3.05) is 0 Å². The molecule has 0 atom stereocenters. The van der Waals surface area contributed by atoms with E-state index in [9.17, 15) is 0 Å². The minimum atomic E-state index is -0.317. The molecule has 2 aliphatic carbocycles. The van der Waals surface area contributed by atoms with E-state index < -0.39 is 0 Å². The van der Waals surface area contributed by atoms with Gasteiger partial charge in [-0.1, -0.05) is 60.3 Å². The van der Waals surface area contributed by atoms with Crippen molar-refractivity contribution in [3.05, 3.63) is 58.7 Å². The van der Waals surface area contributed by atoms with Crippen LogP contribution in [0.25, 0.3) is 11.6 Å². The van der Waals surface area contributed by atoms with Gasteiger partial charge in [0.15, 0.2) is 0 Å². The second kappa shape index (κ2) is 4.90. The molecule has 0 unspecified atom stereocenters. The monoisotopic (exact) mass is 264 g/mol. The second-order valence-corrected chi connectivity index (χ2v) is 8.45. The van der Waals surface area contributed by atoms with Crippen LogP contribution in [0.15, 0.2) is 42.0 Å². The highest BCUT2D eigenvalue weighted by Crippen LogP contribution is 2.29. The normalized spacial score (nSPS) is 17.1. The largest absolute Gasteiger partial charge is 0.0799 e. The number of hydrogen-bond donors (Lipinski definition) is 0. The third-order valence-electron chi connectivity index (χ3n) is 3.96. The summed E-state index contributed by atoms with van der Waals surface area (Å²) in [5, 5.41) is 1.63. The molecule has 0 aliphatic heterocycles. The van der Waals surface area contributed by atoms with Crippen LogP contribution >= 0.6 is 0 Å². The SMILES string of the molecule is CC1=Cc2cc(C3=CC(=[Si](C)C)CC=C3)ccc2C1. The zero-order chi connectivity index (χ0) is 13.4. The predicted octanol–water partition coefficient (Wildman–Crippen LogP) is 4.50. The van der Waals surface area contributed by atoms with E-state index in [1.807, 2.05) is 0 Å². The average Bonchev–Trinajstić information content (AvgIpc) is 2.77. The summed E-state index contributed by atoms with van der Waals surface area (Å²) >= 11 is 0. The zero-order valence-electron chi connectivity index (χ0n) is 12.0. The summed E-state index contributed by atoms with van der Waals surface area (Å²) in [5.74, 6) is 0. The Morgan fingerprint density at radius 2 is 1.95 bits per heavy atom. The molecule has 0 bridgehead atoms. The van der Waals surface area contributed by atoms with Crippen LogP contribution in [0.3, 0.4) is 0 Å². The molecule has 0 saturated carbocycles. The summed E-state index contributed by atoms with van der Waals surface area (Å²) in [6.45, 7) is 6.97. The van der Waals surface area contributed by atoms with Crippen molar-refractivity contribution in [2.45, 2.75) is 32.9 Å². The molecule has 0 nitrogen and oxygen atoms in total. The lowest BCUT2D eigenvalue weighted by Crippen LogP contribution is -2.08. The maximum Gasteiger partial charge on any atom is 0.00791 e. The third kappa shape index (κ3) is 2.48. The summed E-state index contributed by atoms with van der Waals surface area (Å²) in [5.41, 5.74) is 7.10. The van der Waals surface area contributed by atoms with Gasteiger partial charge in [0.05, 0.1) is 0 Å². The van der Waals surface area contributed by atoms with E-state index in [4.69, 9.17) is 0 Å². The first kappa shape index (κ1) is 12.6. The quantitative estimate of drug-likeness (QED) is 0.655. The molecule has 0 N–H and O–H groups in total. The van der Waals surface area contributed by atoms with E-state index in [0.29, 0.717) is 0 Å². The molecular weight excluding hydrogens is 244 g/mol. The standard InChI is InChI=1S/C18H20Si/c1-13-9-15-7-8-16(11-17(15)10-13)14-5-4-6-18(12-14)19(2)3/h4-5,7-8,10-12H,6,9H2,1-3H3. The predicted molar refractivity (Wildman–Crippen MR) is 88.0 cm³/mol. The van der Waals surface area contributed by atoms with Gasteiger partial charge in [0.1, 0.15) is 0 Å². The van der Waals surface area contributed by atoms with Crippen LogP contribution in [-0.4, -0.2) is 13.6 Å². The van der Waals surface area contributed by atoms with Crippen molar-refractivity contribution in [3.8, 4) is 0 Å². The molecule has 3 rings (SSSR count). The lowest BCUT2D eigenvalue weighted by Gasteiger charge is -2.12. The molecule has 1 aromatic carbocycles. The Bertz CT molecular complexity index is 650. The minimum absolute atomic E-state index is 0.317. The van der Waals surface area contributed by atoms with Crippen molar-refractivity contribution in [2.24, 2.45) is 0 Å². The molecular formula is C18H20Si. The van der Waals surface area contributed by atoms with Crippen molar-refractivity contribution in [1.29, 1.82) is 0 Å². The topological polar surface area (TPSA) is 0 Å². The van der Waals surface area contributed by atoms with Gasteiger partial charge in [0, 0.05) is 8.41 Å². The summed E-state index contributed by atoms with van der Waals surface area (Å²) in [7, 11) is -0.317. The fourth-order valence-corrected chi connectivity index (χ4v) is 3.79. The molecule has 0 amide bonds. The molecule has 0 aromatic heterocycles. The van der Waals surface area contributed by atoms with Gasteiger partial charge in [-0.15, -0.1) is 0 Å².